The molecule has 1 unspecified atom stereocenters. The van der Waals surface area contributed by atoms with Gasteiger partial charge in [0.05, 0.1) is 12.4 Å². The van der Waals surface area contributed by atoms with Crippen molar-refractivity contribution in [2.75, 3.05) is 25.6 Å². The molecule has 110 valence electrons. The average molecular weight is 348 g/mol. The number of ether oxygens (including phenoxy) is 3. The van der Waals surface area contributed by atoms with Crippen molar-refractivity contribution in [1.29, 1.82) is 0 Å². The monoisotopic (exact) mass is 348 g/mol. The van der Waals surface area contributed by atoms with Crippen molar-refractivity contribution in [3.05, 3.63) is 10.8 Å². The predicted octanol–water partition coefficient (Wildman–Crippen LogP) is 0.924. The van der Waals surface area contributed by atoms with Crippen LogP contribution in [0.2, 0.25) is 0 Å². The molecule has 9 heteroatoms. The maximum absolute atomic E-state index is 10.5. The van der Waals surface area contributed by atoms with Gasteiger partial charge in [0.15, 0.2) is 17.6 Å². The zero-order chi connectivity index (χ0) is 13.7. The Morgan fingerprint density at radius 1 is 1.35 bits per heavy atom. The average Bonchev–Trinajstić information content (AvgIpc) is 2.79. The fourth-order valence-electron chi connectivity index (χ4n) is 1.65. The summed E-state index contributed by atoms with van der Waals surface area (Å²) in [5, 5.41) is 3.77. The van der Waals surface area contributed by atoms with Crippen molar-refractivity contribution < 1.29 is 27.2 Å². The summed E-state index contributed by atoms with van der Waals surface area (Å²) in [5.41, 5.74) is 0. The Kier molecular flexibility index (Phi) is 8.54. The number of hydrogen-bond donors (Lipinski definition) is 1. The second-order valence-corrected chi connectivity index (χ2v) is 6.53. The number of fused-ring (bicyclic) bond motifs is 1. The third-order valence-corrected chi connectivity index (χ3v) is 4.06. The van der Waals surface area contributed by atoms with Crippen molar-refractivity contribution in [3.8, 4) is 11.5 Å². The van der Waals surface area contributed by atoms with E-state index in [4.69, 9.17) is 18.8 Å². The van der Waals surface area contributed by atoms with Gasteiger partial charge in [0, 0.05) is 17.4 Å². The van der Waals surface area contributed by atoms with Crippen LogP contribution in [-0.4, -0.2) is 96.0 Å². The van der Waals surface area contributed by atoms with Crippen LogP contribution in [0.25, 0.3) is 0 Å². The molecule has 1 atom stereocenters. The Morgan fingerprint density at radius 2 is 2.10 bits per heavy atom. The summed E-state index contributed by atoms with van der Waals surface area (Å²) in [6, 6.07) is 0. The van der Waals surface area contributed by atoms with Crippen molar-refractivity contribution in [2.45, 2.75) is 18.9 Å². The minimum atomic E-state index is -3.86. The van der Waals surface area contributed by atoms with Crippen LogP contribution in [0.3, 0.4) is 0 Å². The fraction of sp³-hybridized carbons (Fsp3) is 0.636. The van der Waals surface area contributed by atoms with Crippen LogP contribution in [0.15, 0.2) is 10.8 Å². The van der Waals surface area contributed by atoms with Gasteiger partial charge >= 0.3 is 51.4 Å². The molecule has 0 bridgehead atoms. The Labute approximate surface area is 165 Å². The molecular formula is C11H17KO6S2. The number of hydrogen-bond acceptors (Lipinski definition) is 6. The van der Waals surface area contributed by atoms with Gasteiger partial charge in [0.2, 0.25) is 0 Å². The van der Waals surface area contributed by atoms with Gasteiger partial charge in [-0.25, -0.2) is 0 Å². The van der Waals surface area contributed by atoms with Gasteiger partial charge in [-0.1, -0.05) is 0 Å². The molecule has 6 nitrogen and oxygen atoms in total. The Morgan fingerprint density at radius 3 is 2.85 bits per heavy atom. The van der Waals surface area contributed by atoms with E-state index in [-0.39, 0.29) is 63.2 Å². The molecule has 0 saturated heterocycles. The van der Waals surface area contributed by atoms with Gasteiger partial charge in [0.25, 0.3) is 10.1 Å². The number of rotatable bonds is 7. The van der Waals surface area contributed by atoms with Crippen molar-refractivity contribution in [2.24, 2.45) is 0 Å². The molecular weight excluding hydrogens is 331 g/mol. The van der Waals surface area contributed by atoms with Crippen LogP contribution in [0.4, 0.5) is 0 Å². The summed E-state index contributed by atoms with van der Waals surface area (Å²) in [7, 11) is -3.86. The Bertz CT molecular complexity index is 501. The molecule has 1 aromatic heterocycles. The Balaban J connectivity index is 0.00000200. The van der Waals surface area contributed by atoms with E-state index >= 15 is 0 Å². The molecule has 2 heterocycles. The first-order chi connectivity index (χ1) is 9.04. The normalized spacial score (nSPS) is 17.6. The van der Waals surface area contributed by atoms with Gasteiger partial charge in [-0.3, -0.25) is 4.55 Å². The predicted molar refractivity (Wildman–Crippen MR) is 77.8 cm³/mol. The van der Waals surface area contributed by atoms with Crippen LogP contribution in [-0.2, 0) is 14.9 Å². The standard InChI is InChI=1S/C11H16O6S2.K.H/c12-19(13,14)4-2-1-3-15-5-9-6-16-10-7-18-8-11(10)17-9;;/h7-9H,1-6H2,(H,12,13,14);;. The van der Waals surface area contributed by atoms with E-state index in [0.29, 0.717) is 32.7 Å². The van der Waals surface area contributed by atoms with Gasteiger partial charge in [-0.2, -0.15) is 8.42 Å². The van der Waals surface area contributed by atoms with Crippen LogP contribution in [0, 0.1) is 0 Å². The molecule has 1 aliphatic rings. The van der Waals surface area contributed by atoms with Gasteiger partial charge < -0.3 is 14.2 Å². The van der Waals surface area contributed by atoms with E-state index in [1.807, 2.05) is 10.8 Å². The third-order valence-electron chi connectivity index (χ3n) is 2.56. The van der Waals surface area contributed by atoms with Gasteiger partial charge in [0.1, 0.15) is 6.61 Å². The molecule has 20 heavy (non-hydrogen) atoms. The molecule has 2 rings (SSSR count). The quantitative estimate of drug-likeness (QED) is 0.448. The molecule has 1 aliphatic heterocycles. The van der Waals surface area contributed by atoms with Crippen molar-refractivity contribution in [3.63, 3.8) is 0 Å². The van der Waals surface area contributed by atoms with E-state index in [9.17, 15) is 8.42 Å². The second-order valence-electron chi connectivity index (χ2n) is 4.22. The van der Waals surface area contributed by atoms with E-state index < -0.39 is 10.1 Å². The van der Waals surface area contributed by atoms with Crippen LogP contribution >= 0.6 is 11.3 Å². The first-order valence-electron chi connectivity index (χ1n) is 5.93. The summed E-state index contributed by atoms with van der Waals surface area (Å²) >= 11 is 1.52. The zero-order valence-electron chi connectivity index (χ0n) is 10.3. The topological polar surface area (TPSA) is 82.1 Å². The fourth-order valence-corrected chi connectivity index (χ4v) is 2.89. The van der Waals surface area contributed by atoms with E-state index in [2.05, 4.69) is 0 Å². The van der Waals surface area contributed by atoms with Crippen LogP contribution < -0.4 is 9.47 Å². The van der Waals surface area contributed by atoms with Crippen molar-refractivity contribution >= 4 is 72.8 Å². The van der Waals surface area contributed by atoms with Crippen LogP contribution in [0.1, 0.15) is 12.8 Å². The molecule has 0 aliphatic carbocycles. The molecule has 0 spiro atoms. The minimum absolute atomic E-state index is 0. The maximum atomic E-state index is 10.5. The molecule has 0 amide bonds. The molecule has 1 N–H and O–H groups in total. The molecule has 0 fully saturated rings. The van der Waals surface area contributed by atoms with Crippen LogP contribution in [0.5, 0.6) is 11.5 Å². The first kappa shape index (κ1) is 18.9. The third kappa shape index (κ3) is 6.71. The molecule has 0 aromatic carbocycles. The zero-order valence-corrected chi connectivity index (χ0v) is 11.9. The van der Waals surface area contributed by atoms with E-state index in [1.54, 1.807) is 0 Å². The van der Waals surface area contributed by atoms with E-state index in [0.717, 1.165) is 11.5 Å². The molecule has 0 saturated carbocycles. The number of unbranched alkanes of at least 4 members (excludes halogenated alkanes) is 1. The van der Waals surface area contributed by atoms with Gasteiger partial charge in [-0.05, 0) is 12.8 Å². The first-order valence-corrected chi connectivity index (χ1v) is 8.48. The summed E-state index contributed by atoms with van der Waals surface area (Å²) in [6.45, 7) is 1.29. The summed E-state index contributed by atoms with van der Waals surface area (Å²) < 4.78 is 46.1. The van der Waals surface area contributed by atoms with Crippen molar-refractivity contribution in [1.82, 2.24) is 0 Å². The SMILES string of the molecule is O=S(=O)(O)CCCCOCC1COc2cscc2O1.[KH]. The molecule has 1 aromatic rings. The number of thiophene rings is 1. The van der Waals surface area contributed by atoms with Gasteiger partial charge in [-0.15, -0.1) is 11.3 Å². The Hall–Kier alpha value is 0.806. The summed E-state index contributed by atoms with van der Waals surface area (Å²) in [4.78, 5) is 0. The van der Waals surface area contributed by atoms with E-state index in [1.165, 1.54) is 11.3 Å². The molecule has 0 radical (unpaired) electrons. The summed E-state index contributed by atoms with van der Waals surface area (Å²) in [6.07, 6.45) is 0.829. The second kappa shape index (κ2) is 9.06. The summed E-state index contributed by atoms with van der Waals surface area (Å²) in [5.74, 6) is 1.29.